The monoisotopic (exact) mass is 294 g/mol. The number of rotatable bonds is 8. The van der Waals surface area contributed by atoms with E-state index in [2.05, 4.69) is 62.4 Å². The van der Waals surface area contributed by atoms with Crippen molar-refractivity contribution in [2.75, 3.05) is 0 Å². The molecule has 0 saturated carbocycles. The van der Waals surface area contributed by atoms with E-state index < -0.39 is 0 Å². The second-order valence-corrected chi connectivity index (χ2v) is 5.56. The highest BCUT2D eigenvalue weighted by Gasteiger charge is 2.07. The zero-order valence-electron chi connectivity index (χ0n) is 13.7. The van der Waals surface area contributed by atoms with Gasteiger partial charge in [0.15, 0.2) is 0 Å². The molecule has 0 amide bonds. The van der Waals surface area contributed by atoms with Crippen LogP contribution in [-0.4, -0.2) is 0 Å². The second-order valence-electron chi connectivity index (χ2n) is 5.56. The van der Waals surface area contributed by atoms with Gasteiger partial charge in [-0.3, -0.25) is 0 Å². The lowest BCUT2D eigenvalue weighted by Crippen LogP contribution is -1.98. The first kappa shape index (κ1) is 16.4. The van der Waals surface area contributed by atoms with E-state index in [1.54, 1.807) is 0 Å². The molecule has 2 aromatic carbocycles. The lowest BCUT2D eigenvalue weighted by molar-refractivity contribution is 0.306. The zero-order chi connectivity index (χ0) is 15.6. The molecule has 0 aromatic heterocycles. The van der Waals surface area contributed by atoms with Crippen LogP contribution in [0.1, 0.15) is 50.2 Å². The third kappa shape index (κ3) is 5.07. The highest BCUT2D eigenvalue weighted by molar-refractivity contribution is 5.30. The van der Waals surface area contributed by atoms with Gasteiger partial charge in [-0.05, 0) is 48.4 Å². The predicted octanol–water partition coefficient (Wildman–Crippen LogP) is 6.12. The van der Waals surface area contributed by atoms with Gasteiger partial charge >= 0.3 is 0 Å². The maximum Gasteiger partial charge on any atom is 0.119 e. The summed E-state index contributed by atoms with van der Waals surface area (Å²) < 4.78 is 5.84. The molecule has 0 bridgehead atoms. The molecule has 0 radical (unpaired) electrons. The van der Waals surface area contributed by atoms with Crippen molar-refractivity contribution >= 4 is 0 Å². The van der Waals surface area contributed by atoms with Gasteiger partial charge in [0, 0.05) is 0 Å². The van der Waals surface area contributed by atoms with E-state index in [4.69, 9.17) is 4.74 Å². The number of allylic oxidation sites excluding steroid dienone is 2. The van der Waals surface area contributed by atoms with E-state index >= 15 is 0 Å². The Morgan fingerprint density at radius 2 is 1.64 bits per heavy atom. The Hall–Kier alpha value is -2.02. The minimum absolute atomic E-state index is 0.603. The molecule has 0 aliphatic rings. The van der Waals surface area contributed by atoms with Gasteiger partial charge in [0.2, 0.25) is 0 Å². The van der Waals surface area contributed by atoms with Crippen LogP contribution in [0.15, 0.2) is 66.7 Å². The fraction of sp³-hybridized carbons (Fsp3) is 0.333. The van der Waals surface area contributed by atoms with Crippen LogP contribution in [-0.2, 0) is 6.61 Å². The first-order chi connectivity index (χ1) is 10.8. The maximum absolute atomic E-state index is 5.84. The summed E-state index contributed by atoms with van der Waals surface area (Å²) in [5.74, 6) is 1.54. The number of hydrogen-bond acceptors (Lipinski definition) is 1. The van der Waals surface area contributed by atoms with Crippen molar-refractivity contribution in [1.82, 2.24) is 0 Å². The first-order valence-electron chi connectivity index (χ1n) is 8.25. The molecule has 0 aliphatic heterocycles. The fourth-order valence-electron chi connectivity index (χ4n) is 2.54. The highest BCUT2D eigenvalue weighted by atomic mass is 16.5. The third-order valence-electron chi connectivity index (χ3n) is 3.92. The first-order valence-corrected chi connectivity index (χ1v) is 8.25. The molecule has 2 rings (SSSR count). The Morgan fingerprint density at radius 3 is 2.27 bits per heavy atom. The number of ether oxygens (including phenoxy) is 1. The Kier molecular flexibility index (Phi) is 6.76. The minimum Gasteiger partial charge on any atom is -0.489 e. The molecule has 0 N–H and O–H groups in total. The lowest BCUT2D eigenvalue weighted by Gasteiger charge is -2.14. The SMILES string of the molecule is CC/C=C\CC(CC)c1ccc(OCc2ccccc2)cc1. The summed E-state index contributed by atoms with van der Waals surface area (Å²) in [7, 11) is 0. The third-order valence-corrected chi connectivity index (χ3v) is 3.92. The van der Waals surface area contributed by atoms with Crippen molar-refractivity contribution in [2.24, 2.45) is 0 Å². The standard InChI is InChI=1S/C21H26O/c1-3-5-7-12-19(4-2)20-13-15-21(16-14-20)22-17-18-10-8-6-9-11-18/h5-11,13-16,19H,3-4,12,17H2,1-2H3/b7-5-. The zero-order valence-corrected chi connectivity index (χ0v) is 13.7. The van der Waals surface area contributed by atoms with Gasteiger partial charge in [0.05, 0.1) is 0 Å². The Labute approximate surface area is 134 Å². The Bertz CT molecular complexity index is 554. The van der Waals surface area contributed by atoms with Crippen molar-refractivity contribution in [2.45, 2.75) is 45.6 Å². The molecule has 2 aromatic rings. The van der Waals surface area contributed by atoms with Crippen LogP contribution in [0.4, 0.5) is 0 Å². The van der Waals surface area contributed by atoms with Crippen LogP contribution in [0, 0.1) is 0 Å². The molecule has 0 fully saturated rings. The van der Waals surface area contributed by atoms with Crippen LogP contribution in [0.5, 0.6) is 5.75 Å². The molecule has 1 heteroatoms. The smallest absolute Gasteiger partial charge is 0.119 e. The molecule has 0 heterocycles. The summed E-state index contributed by atoms with van der Waals surface area (Å²) in [6.45, 7) is 5.05. The van der Waals surface area contributed by atoms with Gasteiger partial charge in [-0.2, -0.15) is 0 Å². The van der Waals surface area contributed by atoms with Crippen LogP contribution >= 0.6 is 0 Å². The van der Waals surface area contributed by atoms with Crippen molar-refractivity contribution in [3.05, 3.63) is 77.9 Å². The summed E-state index contributed by atoms with van der Waals surface area (Å²) in [5, 5.41) is 0. The normalized spacial score (nSPS) is 12.5. The van der Waals surface area contributed by atoms with Gasteiger partial charge in [0.1, 0.15) is 12.4 Å². The summed E-state index contributed by atoms with van der Waals surface area (Å²) >= 11 is 0. The summed E-state index contributed by atoms with van der Waals surface area (Å²) in [5.41, 5.74) is 2.60. The molecule has 1 unspecified atom stereocenters. The van der Waals surface area contributed by atoms with Crippen molar-refractivity contribution in [3.63, 3.8) is 0 Å². The van der Waals surface area contributed by atoms with Crippen LogP contribution in [0.25, 0.3) is 0 Å². The average molecular weight is 294 g/mol. The second kappa shape index (κ2) is 9.09. The molecule has 22 heavy (non-hydrogen) atoms. The number of hydrogen-bond donors (Lipinski definition) is 0. The molecule has 0 spiro atoms. The molecular formula is C21H26O. The highest BCUT2D eigenvalue weighted by Crippen LogP contribution is 2.26. The van der Waals surface area contributed by atoms with E-state index in [9.17, 15) is 0 Å². The van der Waals surface area contributed by atoms with Crippen LogP contribution < -0.4 is 4.74 Å². The summed E-state index contributed by atoms with van der Waals surface area (Å²) in [6.07, 6.45) is 7.95. The van der Waals surface area contributed by atoms with Gasteiger partial charge in [0.25, 0.3) is 0 Å². The van der Waals surface area contributed by atoms with Crippen LogP contribution in [0.3, 0.4) is 0 Å². The molecule has 1 atom stereocenters. The molecule has 0 saturated heterocycles. The van der Waals surface area contributed by atoms with E-state index in [0.717, 1.165) is 25.0 Å². The Morgan fingerprint density at radius 1 is 0.909 bits per heavy atom. The molecule has 1 nitrogen and oxygen atoms in total. The van der Waals surface area contributed by atoms with Crippen LogP contribution in [0.2, 0.25) is 0 Å². The van der Waals surface area contributed by atoms with E-state index in [1.807, 2.05) is 18.2 Å². The van der Waals surface area contributed by atoms with E-state index in [1.165, 1.54) is 11.1 Å². The van der Waals surface area contributed by atoms with E-state index in [0.29, 0.717) is 12.5 Å². The van der Waals surface area contributed by atoms with Gasteiger partial charge in [-0.15, -0.1) is 0 Å². The summed E-state index contributed by atoms with van der Waals surface area (Å²) in [6, 6.07) is 18.9. The van der Waals surface area contributed by atoms with E-state index in [-0.39, 0.29) is 0 Å². The Balaban J connectivity index is 1.92. The van der Waals surface area contributed by atoms with Crippen molar-refractivity contribution < 1.29 is 4.74 Å². The predicted molar refractivity (Wildman–Crippen MR) is 94.3 cm³/mol. The fourth-order valence-corrected chi connectivity index (χ4v) is 2.54. The summed E-state index contributed by atoms with van der Waals surface area (Å²) in [4.78, 5) is 0. The quantitative estimate of drug-likeness (QED) is 0.533. The molecule has 0 aliphatic carbocycles. The lowest BCUT2D eigenvalue weighted by atomic mass is 9.93. The van der Waals surface area contributed by atoms with Crippen molar-refractivity contribution in [1.29, 1.82) is 0 Å². The van der Waals surface area contributed by atoms with Gasteiger partial charge in [-0.25, -0.2) is 0 Å². The number of benzene rings is 2. The van der Waals surface area contributed by atoms with Crippen molar-refractivity contribution in [3.8, 4) is 5.75 Å². The topological polar surface area (TPSA) is 9.23 Å². The largest absolute Gasteiger partial charge is 0.489 e. The molecular weight excluding hydrogens is 268 g/mol. The average Bonchev–Trinajstić information content (AvgIpc) is 2.59. The maximum atomic E-state index is 5.84. The van der Waals surface area contributed by atoms with Gasteiger partial charge < -0.3 is 4.74 Å². The minimum atomic E-state index is 0.603. The van der Waals surface area contributed by atoms with Gasteiger partial charge in [-0.1, -0.05) is 68.5 Å². The molecule has 116 valence electrons.